The lowest BCUT2D eigenvalue weighted by Crippen LogP contribution is -2.25. The Kier molecular flexibility index (Phi) is 3.83. The molecule has 0 aromatic carbocycles. The molecular formula is C13H18N4O3S. The van der Waals surface area contributed by atoms with Crippen molar-refractivity contribution in [1.82, 2.24) is 19.3 Å². The number of rotatable bonds is 7. The number of aliphatic hydroxyl groups is 1. The molecule has 1 aliphatic rings. The van der Waals surface area contributed by atoms with Gasteiger partial charge < -0.3 is 14.7 Å². The van der Waals surface area contributed by atoms with Gasteiger partial charge in [-0.25, -0.2) is 18.1 Å². The van der Waals surface area contributed by atoms with Gasteiger partial charge in [-0.1, -0.05) is 0 Å². The molecule has 2 heterocycles. The molecular weight excluding hydrogens is 292 g/mol. The van der Waals surface area contributed by atoms with Crippen LogP contribution in [-0.2, 0) is 23.1 Å². The summed E-state index contributed by atoms with van der Waals surface area (Å²) in [6, 6.07) is 1.87. The van der Waals surface area contributed by atoms with E-state index in [2.05, 4.69) is 14.7 Å². The van der Waals surface area contributed by atoms with E-state index in [4.69, 9.17) is 0 Å². The predicted octanol–water partition coefficient (Wildman–Crippen LogP) is 0.559. The molecule has 0 aliphatic heterocycles. The molecule has 7 nitrogen and oxygen atoms in total. The highest BCUT2D eigenvalue weighted by Gasteiger charge is 2.27. The molecule has 0 unspecified atom stereocenters. The van der Waals surface area contributed by atoms with Gasteiger partial charge in [0.05, 0.1) is 17.8 Å². The second-order valence-corrected chi connectivity index (χ2v) is 6.96. The molecule has 0 bridgehead atoms. The molecule has 0 atom stereocenters. The predicted molar refractivity (Wildman–Crippen MR) is 76.1 cm³/mol. The third-order valence-electron chi connectivity index (χ3n) is 3.56. The number of hydrogen-bond donors (Lipinski definition) is 3. The van der Waals surface area contributed by atoms with E-state index < -0.39 is 10.0 Å². The van der Waals surface area contributed by atoms with Gasteiger partial charge in [0, 0.05) is 42.8 Å². The van der Waals surface area contributed by atoms with E-state index >= 15 is 0 Å². The Morgan fingerprint density at radius 3 is 2.90 bits per heavy atom. The van der Waals surface area contributed by atoms with E-state index in [1.807, 2.05) is 4.57 Å². The van der Waals surface area contributed by atoms with Crippen LogP contribution < -0.4 is 4.72 Å². The molecule has 3 N–H and O–H groups in total. The van der Waals surface area contributed by atoms with Gasteiger partial charge in [-0.15, -0.1) is 0 Å². The summed E-state index contributed by atoms with van der Waals surface area (Å²) in [7, 11) is -3.55. The topological polar surface area (TPSA) is 100 Å². The normalized spacial score (nSPS) is 15.5. The fraction of sp³-hybridized carbons (Fsp3) is 0.462. The number of aromatic nitrogens is 3. The molecule has 114 valence electrons. The molecule has 1 aliphatic carbocycles. The quantitative estimate of drug-likeness (QED) is 0.695. The number of nitrogens with one attached hydrogen (secondary N) is 2. The molecule has 2 aromatic rings. The van der Waals surface area contributed by atoms with Crippen LogP contribution >= 0.6 is 0 Å². The fourth-order valence-electron chi connectivity index (χ4n) is 2.29. The number of nitrogens with zero attached hydrogens (tertiary/aromatic N) is 2. The zero-order valence-corrected chi connectivity index (χ0v) is 12.3. The Balaban J connectivity index is 1.69. The number of aliphatic hydroxyl groups excluding tert-OH is 1. The van der Waals surface area contributed by atoms with Crippen molar-refractivity contribution in [2.75, 3.05) is 6.54 Å². The summed E-state index contributed by atoms with van der Waals surface area (Å²) in [5, 5.41) is 9.33. The molecule has 3 rings (SSSR count). The van der Waals surface area contributed by atoms with Crippen LogP contribution in [0.15, 0.2) is 29.7 Å². The van der Waals surface area contributed by atoms with Crippen LogP contribution in [0.5, 0.6) is 0 Å². The van der Waals surface area contributed by atoms with E-state index in [1.165, 1.54) is 6.07 Å². The molecule has 2 aromatic heterocycles. The highest BCUT2D eigenvalue weighted by Crippen LogP contribution is 2.37. The lowest BCUT2D eigenvalue weighted by atomic mass is 10.3. The van der Waals surface area contributed by atoms with Crippen LogP contribution in [0.4, 0.5) is 0 Å². The number of sulfonamides is 1. The third kappa shape index (κ3) is 3.17. The smallest absolute Gasteiger partial charge is 0.242 e. The minimum atomic E-state index is -3.55. The third-order valence-corrected chi connectivity index (χ3v) is 4.99. The van der Waals surface area contributed by atoms with Crippen molar-refractivity contribution >= 4 is 10.0 Å². The minimum Gasteiger partial charge on any atom is -0.390 e. The van der Waals surface area contributed by atoms with Crippen molar-refractivity contribution in [3.05, 3.63) is 36.2 Å². The molecule has 1 saturated carbocycles. The summed E-state index contributed by atoms with van der Waals surface area (Å²) in [6.45, 7) is 0.147. The summed E-state index contributed by atoms with van der Waals surface area (Å²) in [5.74, 6) is 0. The van der Waals surface area contributed by atoms with Gasteiger partial charge in [-0.3, -0.25) is 0 Å². The molecule has 0 saturated heterocycles. The maximum Gasteiger partial charge on any atom is 0.242 e. The van der Waals surface area contributed by atoms with Crippen LogP contribution in [-0.4, -0.2) is 34.6 Å². The van der Waals surface area contributed by atoms with Gasteiger partial charge in [0.25, 0.3) is 0 Å². The average molecular weight is 310 g/mol. The summed E-state index contributed by atoms with van der Waals surface area (Å²) < 4.78 is 28.9. The highest BCUT2D eigenvalue weighted by molar-refractivity contribution is 7.89. The van der Waals surface area contributed by atoms with Crippen LogP contribution in [0, 0.1) is 0 Å². The highest BCUT2D eigenvalue weighted by atomic mass is 32.2. The molecule has 1 fully saturated rings. The number of H-pyrrole nitrogens is 1. The van der Waals surface area contributed by atoms with Gasteiger partial charge >= 0.3 is 0 Å². The van der Waals surface area contributed by atoms with E-state index in [-0.39, 0.29) is 11.5 Å². The Labute approximate surface area is 123 Å². The maximum absolute atomic E-state index is 12.3. The first-order chi connectivity index (χ1) is 10.1. The molecule has 8 heteroatoms. The van der Waals surface area contributed by atoms with E-state index in [1.54, 1.807) is 18.7 Å². The van der Waals surface area contributed by atoms with Gasteiger partial charge in [-0.2, -0.15) is 0 Å². The molecule has 0 spiro atoms. The summed E-state index contributed by atoms with van der Waals surface area (Å²) >= 11 is 0. The van der Waals surface area contributed by atoms with Crippen molar-refractivity contribution in [2.24, 2.45) is 0 Å². The van der Waals surface area contributed by atoms with Crippen molar-refractivity contribution in [1.29, 1.82) is 0 Å². The second kappa shape index (κ2) is 5.63. The molecule has 21 heavy (non-hydrogen) atoms. The van der Waals surface area contributed by atoms with Gasteiger partial charge in [-0.05, 0) is 18.9 Å². The van der Waals surface area contributed by atoms with E-state index in [0.717, 1.165) is 18.5 Å². The van der Waals surface area contributed by atoms with Crippen molar-refractivity contribution in [3.8, 4) is 0 Å². The fourth-order valence-corrected chi connectivity index (χ4v) is 3.37. The van der Waals surface area contributed by atoms with Gasteiger partial charge in [0.15, 0.2) is 0 Å². The average Bonchev–Trinajstić information content (AvgIpc) is 3.00. The first-order valence-corrected chi connectivity index (χ1v) is 8.37. The Morgan fingerprint density at radius 1 is 1.48 bits per heavy atom. The zero-order chi connectivity index (χ0) is 14.9. The Hall–Kier alpha value is -1.64. The van der Waals surface area contributed by atoms with Crippen LogP contribution in [0.25, 0.3) is 0 Å². The van der Waals surface area contributed by atoms with Crippen LogP contribution in [0.1, 0.15) is 30.3 Å². The Morgan fingerprint density at radius 2 is 2.29 bits per heavy atom. The molecule has 0 radical (unpaired) electrons. The summed E-state index contributed by atoms with van der Waals surface area (Å²) in [4.78, 5) is 7.02. The summed E-state index contributed by atoms with van der Waals surface area (Å²) in [5.41, 5.74) is 1.52. The lowest BCUT2D eigenvalue weighted by molar-refractivity contribution is 0.270. The van der Waals surface area contributed by atoms with Crippen molar-refractivity contribution < 1.29 is 13.5 Å². The lowest BCUT2D eigenvalue weighted by Gasteiger charge is -2.04. The first-order valence-electron chi connectivity index (χ1n) is 6.88. The van der Waals surface area contributed by atoms with E-state index in [0.29, 0.717) is 24.7 Å². The van der Waals surface area contributed by atoms with Gasteiger partial charge in [0.2, 0.25) is 10.0 Å². The first kappa shape index (κ1) is 14.3. The SMILES string of the molecule is O=S(=O)(NCCc1cnc[nH]1)c1cc(CO)n(C2CC2)c1. The van der Waals surface area contributed by atoms with Crippen LogP contribution in [0.3, 0.4) is 0 Å². The van der Waals surface area contributed by atoms with Crippen molar-refractivity contribution in [3.63, 3.8) is 0 Å². The van der Waals surface area contributed by atoms with Gasteiger partial charge in [0.1, 0.15) is 0 Å². The Bertz CT molecular complexity index is 702. The monoisotopic (exact) mass is 310 g/mol. The second-order valence-electron chi connectivity index (χ2n) is 5.19. The van der Waals surface area contributed by atoms with E-state index in [9.17, 15) is 13.5 Å². The number of hydrogen-bond acceptors (Lipinski definition) is 4. The standard InChI is InChI=1S/C13H18N4O3S/c18-8-12-5-13(7-17(12)11-1-2-11)21(19,20)16-4-3-10-6-14-9-15-10/h5-7,9,11,16,18H,1-4,8H2,(H,14,15). The zero-order valence-electron chi connectivity index (χ0n) is 11.5. The maximum atomic E-state index is 12.3. The largest absolute Gasteiger partial charge is 0.390 e. The van der Waals surface area contributed by atoms with Crippen molar-refractivity contribution in [2.45, 2.75) is 36.8 Å². The minimum absolute atomic E-state index is 0.153. The number of imidazole rings is 1. The molecule has 0 amide bonds. The number of aromatic amines is 1. The van der Waals surface area contributed by atoms with Crippen LogP contribution in [0.2, 0.25) is 0 Å². The summed E-state index contributed by atoms with van der Waals surface area (Å²) in [6.07, 6.45) is 7.47.